The predicted molar refractivity (Wildman–Crippen MR) is 96.4 cm³/mol. The lowest BCUT2D eigenvalue weighted by molar-refractivity contribution is 0.432. The summed E-state index contributed by atoms with van der Waals surface area (Å²) in [5.74, 6) is 2.20. The number of guanidine groups is 1. The quantitative estimate of drug-likeness (QED) is 0.384. The Balaban J connectivity index is 2.35. The molecule has 0 saturated heterocycles. The van der Waals surface area contributed by atoms with Crippen LogP contribution in [0.4, 0.5) is 0 Å². The molecule has 1 saturated carbocycles. The molecule has 5 heteroatoms. The second-order valence-electron chi connectivity index (χ2n) is 6.67. The summed E-state index contributed by atoms with van der Waals surface area (Å²) in [6.45, 7) is 13.6. The van der Waals surface area contributed by atoms with Crippen LogP contribution in [0, 0.1) is 0 Å². The van der Waals surface area contributed by atoms with E-state index in [0.29, 0.717) is 6.04 Å². The molecule has 3 N–H and O–H groups in total. The number of aliphatic imine (C=N–C) groups is 1. The second-order valence-corrected chi connectivity index (χ2v) is 8.25. The van der Waals surface area contributed by atoms with E-state index in [1.807, 2.05) is 0 Å². The zero-order valence-electron chi connectivity index (χ0n) is 14.5. The minimum absolute atomic E-state index is 0.164. The van der Waals surface area contributed by atoms with Crippen molar-refractivity contribution in [1.82, 2.24) is 16.0 Å². The Morgan fingerprint density at radius 3 is 2.62 bits per heavy atom. The lowest BCUT2D eigenvalue weighted by Gasteiger charge is -2.20. The van der Waals surface area contributed by atoms with Crippen molar-refractivity contribution in [3.8, 4) is 0 Å². The van der Waals surface area contributed by atoms with Gasteiger partial charge in [-0.1, -0.05) is 6.92 Å². The van der Waals surface area contributed by atoms with E-state index in [0.717, 1.165) is 30.8 Å². The predicted octanol–water partition coefficient (Wildman–Crippen LogP) is 2.60. The lowest BCUT2D eigenvalue weighted by Crippen LogP contribution is -2.43. The van der Waals surface area contributed by atoms with E-state index in [1.54, 1.807) is 0 Å². The van der Waals surface area contributed by atoms with Gasteiger partial charge in [0.05, 0.1) is 6.54 Å². The average molecular weight is 315 g/mol. The maximum atomic E-state index is 4.68. The Morgan fingerprint density at radius 2 is 2.00 bits per heavy atom. The summed E-state index contributed by atoms with van der Waals surface area (Å²) in [5, 5.41) is 11.3. The standard InChI is InChI=1S/C16H34N4S/c1-6-17-15(18-10-11-19-16(3,4)5)20-13-8-9-14(12-13)21-7-2/h13-14,19H,6-12H2,1-5H3,(H2,17,18,20). The van der Waals surface area contributed by atoms with Gasteiger partial charge in [-0.05, 0) is 52.7 Å². The molecule has 0 aromatic carbocycles. The van der Waals surface area contributed by atoms with E-state index in [4.69, 9.17) is 0 Å². The highest BCUT2D eigenvalue weighted by molar-refractivity contribution is 7.99. The van der Waals surface area contributed by atoms with Crippen molar-refractivity contribution in [1.29, 1.82) is 0 Å². The number of nitrogens with zero attached hydrogens (tertiary/aromatic N) is 1. The molecule has 2 unspecified atom stereocenters. The van der Waals surface area contributed by atoms with Crippen molar-refractivity contribution in [2.75, 3.05) is 25.4 Å². The summed E-state index contributed by atoms with van der Waals surface area (Å²) in [5.41, 5.74) is 0.164. The van der Waals surface area contributed by atoms with Crippen LogP contribution >= 0.6 is 11.8 Å². The second kappa shape index (κ2) is 9.57. The first-order valence-corrected chi connectivity index (χ1v) is 9.41. The highest BCUT2D eigenvalue weighted by Crippen LogP contribution is 2.29. The Bertz CT molecular complexity index is 312. The molecule has 2 atom stereocenters. The zero-order valence-corrected chi connectivity index (χ0v) is 15.3. The lowest BCUT2D eigenvalue weighted by atomic mass is 10.1. The molecule has 1 aliphatic rings. The summed E-state index contributed by atoms with van der Waals surface area (Å²) >= 11 is 2.10. The molecule has 0 aromatic rings. The number of hydrogen-bond acceptors (Lipinski definition) is 3. The van der Waals surface area contributed by atoms with Gasteiger partial charge in [-0.25, -0.2) is 0 Å². The summed E-state index contributed by atoms with van der Waals surface area (Å²) in [4.78, 5) is 4.68. The molecular weight excluding hydrogens is 280 g/mol. The van der Waals surface area contributed by atoms with Gasteiger partial charge in [-0.2, -0.15) is 11.8 Å². The molecule has 4 nitrogen and oxygen atoms in total. The first-order valence-electron chi connectivity index (χ1n) is 8.36. The minimum Gasteiger partial charge on any atom is -0.357 e. The van der Waals surface area contributed by atoms with Crippen LogP contribution in [0.1, 0.15) is 53.9 Å². The fraction of sp³-hybridized carbons (Fsp3) is 0.938. The van der Waals surface area contributed by atoms with Crippen LogP contribution in [0.5, 0.6) is 0 Å². The van der Waals surface area contributed by atoms with E-state index >= 15 is 0 Å². The monoisotopic (exact) mass is 314 g/mol. The van der Waals surface area contributed by atoms with Crippen molar-refractivity contribution in [3.63, 3.8) is 0 Å². The minimum atomic E-state index is 0.164. The van der Waals surface area contributed by atoms with Crippen molar-refractivity contribution in [3.05, 3.63) is 0 Å². The average Bonchev–Trinajstić information content (AvgIpc) is 2.81. The smallest absolute Gasteiger partial charge is 0.191 e. The Hall–Kier alpha value is -0.420. The van der Waals surface area contributed by atoms with Gasteiger partial charge in [0.15, 0.2) is 5.96 Å². The molecule has 1 rings (SSSR count). The maximum Gasteiger partial charge on any atom is 0.191 e. The van der Waals surface area contributed by atoms with Crippen LogP contribution in [0.15, 0.2) is 4.99 Å². The van der Waals surface area contributed by atoms with Gasteiger partial charge < -0.3 is 16.0 Å². The molecule has 0 heterocycles. The third kappa shape index (κ3) is 8.57. The van der Waals surface area contributed by atoms with Crippen molar-refractivity contribution >= 4 is 17.7 Å². The first-order chi connectivity index (χ1) is 9.94. The molecule has 21 heavy (non-hydrogen) atoms. The third-order valence-electron chi connectivity index (χ3n) is 3.51. The number of thioether (sulfide) groups is 1. The van der Waals surface area contributed by atoms with Gasteiger partial charge in [-0.15, -0.1) is 0 Å². The highest BCUT2D eigenvalue weighted by atomic mass is 32.2. The molecule has 0 amide bonds. The Labute approximate surface area is 135 Å². The van der Waals surface area contributed by atoms with Gasteiger partial charge in [0.1, 0.15) is 0 Å². The van der Waals surface area contributed by atoms with Gasteiger partial charge in [0.2, 0.25) is 0 Å². The van der Waals surface area contributed by atoms with Crippen molar-refractivity contribution in [2.45, 2.75) is 70.7 Å². The molecule has 0 aliphatic heterocycles. The van der Waals surface area contributed by atoms with Crippen LogP contribution in [0.2, 0.25) is 0 Å². The summed E-state index contributed by atoms with van der Waals surface area (Å²) in [7, 11) is 0. The summed E-state index contributed by atoms with van der Waals surface area (Å²) in [6, 6.07) is 0.586. The molecule has 0 spiro atoms. The fourth-order valence-corrected chi connectivity index (χ4v) is 3.71. The highest BCUT2D eigenvalue weighted by Gasteiger charge is 2.25. The Morgan fingerprint density at radius 1 is 1.24 bits per heavy atom. The zero-order chi connectivity index (χ0) is 15.7. The van der Waals surface area contributed by atoms with Crippen LogP contribution in [0.3, 0.4) is 0 Å². The van der Waals surface area contributed by atoms with E-state index in [1.165, 1.54) is 25.0 Å². The largest absolute Gasteiger partial charge is 0.357 e. The molecule has 0 bridgehead atoms. The SMILES string of the molecule is CCNC(=NCCNC(C)(C)C)NC1CCC(SCC)C1. The van der Waals surface area contributed by atoms with Crippen LogP contribution < -0.4 is 16.0 Å². The van der Waals surface area contributed by atoms with Gasteiger partial charge in [-0.3, -0.25) is 4.99 Å². The summed E-state index contributed by atoms with van der Waals surface area (Å²) < 4.78 is 0. The molecule has 0 radical (unpaired) electrons. The third-order valence-corrected chi connectivity index (χ3v) is 4.74. The molecular formula is C16H34N4S. The van der Waals surface area contributed by atoms with Gasteiger partial charge in [0, 0.05) is 29.9 Å². The van der Waals surface area contributed by atoms with E-state index < -0.39 is 0 Å². The first kappa shape index (κ1) is 18.6. The van der Waals surface area contributed by atoms with Gasteiger partial charge in [0.25, 0.3) is 0 Å². The fourth-order valence-electron chi connectivity index (χ4n) is 2.57. The molecule has 124 valence electrons. The molecule has 1 aliphatic carbocycles. The number of nitrogens with one attached hydrogen (secondary N) is 3. The van der Waals surface area contributed by atoms with E-state index in [2.05, 4.69) is 67.3 Å². The topological polar surface area (TPSA) is 48.5 Å². The van der Waals surface area contributed by atoms with E-state index in [9.17, 15) is 0 Å². The maximum absolute atomic E-state index is 4.68. The van der Waals surface area contributed by atoms with Crippen molar-refractivity contribution < 1.29 is 0 Å². The van der Waals surface area contributed by atoms with Crippen molar-refractivity contribution in [2.24, 2.45) is 4.99 Å². The number of rotatable bonds is 7. The van der Waals surface area contributed by atoms with Crippen LogP contribution in [-0.2, 0) is 0 Å². The van der Waals surface area contributed by atoms with Gasteiger partial charge >= 0.3 is 0 Å². The summed E-state index contributed by atoms with van der Waals surface area (Å²) in [6.07, 6.45) is 3.87. The van der Waals surface area contributed by atoms with Crippen LogP contribution in [0.25, 0.3) is 0 Å². The molecule has 0 aromatic heterocycles. The molecule has 1 fully saturated rings. The normalized spacial score (nSPS) is 23.4. The number of hydrogen-bond donors (Lipinski definition) is 3. The van der Waals surface area contributed by atoms with E-state index in [-0.39, 0.29) is 5.54 Å². The Kier molecular flexibility index (Phi) is 8.49. The van der Waals surface area contributed by atoms with Crippen LogP contribution in [-0.4, -0.2) is 48.2 Å².